The Bertz CT molecular complexity index is 600. The molecule has 0 fully saturated rings. The molecule has 1 aromatic carbocycles. The van der Waals surface area contributed by atoms with Crippen molar-refractivity contribution in [3.8, 4) is 5.75 Å². The molecule has 0 aliphatic heterocycles. The molecule has 0 aliphatic carbocycles. The van der Waals surface area contributed by atoms with Crippen LogP contribution in [0.15, 0.2) is 47.1 Å². The molecule has 23 heavy (non-hydrogen) atoms. The highest BCUT2D eigenvalue weighted by atomic mass is 16.5. The van der Waals surface area contributed by atoms with Gasteiger partial charge in [-0.1, -0.05) is 6.07 Å². The molecule has 124 valence electrons. The summed E-state index contributed by atoms with van der Waals surface area (Å²) in [7, 11) is 1.60. The van der Waals surface area contributed by atoms with Gasteiger partial charge in [-0.3, -0.25) is 0 Å². The summed E-state index contributed by atoms with van der Waals surface area (Å²) in [5.41, 5.74) is 0.588. The smallest absolute Gasteiger partial charge is 0.319 e. The molecule has 0 saturated carbocycles. The number of hydrogen-bond donors (Lipinski definition) is 3. The number of ether oxygens (including phenoxy) is 2. The monoisotopic (exact) mass is 320 g/mol. The zero-order chi connectivity index (χ0) is 16.5. The summed E-state index contributed by atoms with van der Waals surface area (Å²) < 4.78 is 15.4. The van der Waals surface area contributed by atoms with Gasteiger partial charge in [0, 0.05) is 18.9 Å². The Morgan fingerprint density at radius 2 is 2.17 bits per heavy atom. The van der Waals surface area contributed by atoms with Gasteiger partial charge < -0.3 is 29.6 Å². The Morgan fingerprint density at radius 1 is 1.30 bits per heavy atom. The van der Waals surface area contributed by atoms with E-state index in [1.165, 1.54) is 6.26 Å². The third-order valence-corrected chi connectivity index (χ3v) is 2.98. The minimum Gasteiger partial charge on any atom is -0.491 e. The van der Waals surface area contributed by atoms with Crippen LogP contribution in [0.5, 0.6) is 5.75 Å². The van der Waals surface area contributed by atoms with Crippen LogP contribution in [0.4, 0.5) is 10.5 Å². The van der Waals surface area contributed by atoms with Crippen LogP contribution < -0.4 is 15.4 Å². The maximum Gasteiger partial charge on any atom is 0.319 e. The summed E-state index contributed by atoms with van der Waals surface area (Å²) in [5.74, 6) is 1.04. The Labute approximate surface area is 134 Å². The lowest BCUT2D eigenvalue weighted by Gasteiger charge is -2.12. The van der Waals surface area contributed by atoms with Crippen LogP contribution in [0.25, 0.3) is 0 Å². The number of methoxy groups -OCH3 is 1. The number of carbonyl (C=O) groups is 1. The number of furan rings is 1. The Hall–Kier alpha value is -2.51. The van der Waals surface area contributed by atoms with Crippen molar-refractivity contribution in [2.45, 2.75) is 6.10 Å². The second-order valence-corrected chi connectivity index (χ2v) is 4.74. The van der Waals surface area contributed by atoms with Crippen molar-refractivity contribution in [3.63, 3.8) is 0 Å². The van der Waals surface area contributed by atoms with Gasteiger partial charge in [-0.2, -0.15) is 0 Å². The summed E-state index contributed by atoms with van der Waals surface area (Å²) >= 11 is 0. The van der Waals surface area contributed by atoms with Gasteiger partial charge in [0.1, 0.15) is 24.2 Å². The Kier molecular flexibility index (Phi) is 6.46. The number of anilines is 1. The molecule has 2 amide bonds. The SMILES string of the molecule is COCCOc1cccc(NC(=O)NCC(O)c2ccco2)c1. The normalized spacial score (nSPS) is 11.7. The molecule has 7 nitrogen and oxygen atoms in total. The molecule has 3 N–H and O–H groups in total. The number of urea groups is 1. The molecule has 1 atom stereocenters. The van der Waals surface area contributed by atoms with Crippen molar-refractivity contribution < 1.29 is 23.8 Å². The number of hydrogen-bond acceptors (Lipinski definition) is 5. The maximum absolute atomic E-state index is 11.8. The molecule has 1 unspecified atom stereocenters. The van der Waals surface area contributed by atoms with Crippen molar-refractivity contribution in [3.05, 3.63) is 48.4 Å². The summed E-state index contributed by atoms with van der Waals surface area (Å²) in [5, 5.41) is 15.1. The molecule has 2 aromatic rings. The van der Waals surface area contributed by atoms with E-state index in [4.69, 9.17) is 13.9 Å². The summed E-state index contributed by atoms with van der Waals surface area (Å²) in [6, 6.07) is 9.90. The zero-order valence-corrected chi connectivity index (χ0v) is 12.8. The van der Waals surface area contributed by atoms with Gasteiger partial charge in [0.15, 0.2) is 0 Å². The first-order valence-electron chi connectivity index (χ1n) is 7.17. The molecule has 7 heteroatoms. The highest BCUT2D eigenvalue weighted by Gasteiger charge is 2.11. The van der Waals surface area contributed by atoms with E-state index < -0.39 is 12.1 Å². The molecule has 1 heterocycles. The highest BCUT2D eigenvalue weighted by Crippen LogP contribution is 2.17. The van der Waals surface area contributed by atoms with Crippen LogP contribution in [0, 0.1) is 0 Å². The first-order chi connectivity index (χ1) is 11.2. The van der Waals surface area contributed by atoms with Gasteiger partial charge >= 0.3 is 6.03 Å². The van der Waals surface area contributed by atoms with E-state index in [0.717, 1.165) is 0 Å². The van der Waals surface area contributed by atoms with Gasteiger partial charge in [0.2, 0.25) is 0 Å². The lowest BCUT2D eigenvalue weighted by molar-refractivity contribution is 0.146. The standard InChI is InChI=1S/C16H20N2O5/c1-21-8-9-22-13-5-2-4-12(10-13)18-16(20)17-11-14(19)15-6-3-7-23-15/h2-7,10,14,19H,8-9,11H2,1H3,(H2,17,18,20). The largest absolute Gasteiger partial charge is 0.491 e. The van der Waals surface area contributed by atoms with Crippen molar-refractivity contribution in [2.75, 3.05) is 32.2 Å². The second kappa shape index (κ2) is 8.82. The van der Waals surface area contributed by atoms with E-state index >= 15 is 0 Å². The van der Waals surface area contributed by atoms with E-state index in [1.807, 2.05) is 0 Å². The van der Waals surface area contributed by atoms with E-state index in [1.54, 1.807) is 43.5 Å². The number of nitrogens with one attached hydrogen (secondary N) is 2. The average molecular weight is 320 g/mol. The van der Waals surface area contributed by atoms with Crippen molar-refractivity contribution >= 4 is 11.7 Å². The van der Waals surface area contributed by atoms with Crippen LogP contribution in [0.2, 0.25) is 0 Å². The fraction of sp³-hybridized carbons (Fsp3) is 0.312. The summed E-state index contributed by atoms with van der Waals surface area (Å²) in [6.45, 7) is 0.966. The molecule has 0 saturated heterocycles. The molecule has 0 aliphatic rings. The molecular weight excluding hydrogens is 300 g/mol. The summed E-state index contributed by atoms with van der Waals surface area (Å²) in [6.07, 6.45) is 0.577. The van der Waals surface area contributed by atoms with Gasteiger partial charge in [0.25, 0.3) is 0 Å². The number of aliphatic hydroxyl groups excluding tert-OH is 1. The van der Waals surface area contributed by atoms with Crippen LogP contribution in [-0.4, -0.2) is 38.0 Å². The van der Waals surface area contributed by atoms with Gasteiger partial charge in [0.05, 0.1) is 19.4 Å². The van der Waals surface area contributed by atoms with Crippen molar-refractivity contribution in [1.29, 1.82) is 0 Å². The maximum atomic E-state index is 11.8. The molecule has 2 rings (SSSR count). The molecule has 0 radical (unpaired) electrons. The number of aliphatic hydroxyl groups is 1. The topological polar surface area (TPSA) is 93.0 Å². The quantitative estimate of drug-likeness (QED) is 0.648. The van der Waals surface area contributed by atoms with Crippen LogP contribution in [-0.2, 0) is 4.74 Å². The Morgan fingerprint density at radius 3 is 2.91 bits per heavy atom. The first kappa shape index (κ1) is 16.9. The fourth-order valence-corrected chi connectivity index (χ4v) is 1.85. The molecule has 1 aromatic heterocycles. The van der Waals surface area contributed by atoms with E-state index in [-0.39, 0.29) is 6.54 Å². The minimum absolute atomic E-state index is 0.0450. The minimum atomic E-state index is -0.889. The van der Waals surface area contributed by atoms with Crippen molar-refractivity contribution in [1.82, 2.24) is 5.32 Å². The average Bonchev–Trinajstić information content (AvgIpc) is 3.08. The van der Waals surface area contributed by atoms with Crippen LogP contribution in [0.3, 0.4) is 0 Å². The predicted molar refractivity (Wildman–Crippen MR) is 84.5 cm³/mol. The highest BCUT2D eigenvalue weighted by molar-refractivity contribution is 5.89. The number of benzene rings is 1. The van der Waals surface area contributed by atoms with Gasteiger partial charge in [-0.05, 0) is 24.3 Å². The lowest BCUT2D eigenvalue weighted by atomic mass is 10.3. The van der Waals surface area contributed by atoms with E-state index in [0.29, 0.717) is 30.4 Å². The zero-order valence-electron chi connectivity index (χ0n) is 12.8. The predicted octanol–water partition coefficient (Wildman–Crippen LogP) is 2.16. The number of rotatable bonds is 8. The molecular formula is C16H20N2O5. The molecule has 0 bridgehead atoms. The number of amides is 2. The lowest BCUT2D eigenvalue weighted by Crippen LogP contribution is -2.32. The fourth-order valence-electron chi connectivity index (χ4n) is 1.85. The number of carbonyl (C=O) groups excluding carboxylic acids is 1. The first-order valence-corrected chi connectivity index (χ1v) is 7.17. The van der Waals surface area contributed by atoms with Crippen molar-refractivity contribution in [2.24, 2.45) is 0 Å². The van der Waals surface area contributed by atoms with E-state index in [9.17, 15) is 9.90 Å². The molecule has 0 spiro atoms. The van der Waals surface area contributed by atoms with Gasteiger partial charge in [-0.15, -0.1) is 0 Å². The van der Waals surface area contributed by atoms with E-state index in [2.05, 4.69) is 10.6 Å². The van der Waals surface area contributed by atoms with Gasteiger partial charge in [-0.25, -0.2) is 4.79 Å². The second-order valence-electron chi connectivity index (χ2n) is 4.74. The third-order valence-electron chi connectivity index (χ3n) is 2.98. The third kappa shape index (κ3) is 5.65. The Balaban J connectivity index is 1.79. The van der Waals surface area contributed by atoms with Crippen LogP contribution >= 0.6 is 0 Å². The summed E-state index contributed by atoms with van der Waals surface area (Å²) in [4.78, 5) is 11.8. The van der Waals surface area contributed by atoms with Crippen LogP contribution in [0.1, 0.15) is 11.9 Å².